The Morgan fingerprint density at radius 1 is 1.11 bits per heavy atom. The Balaban J connectivity index is 1.66. The zero-order valence-electron chi connectivity index (χ0n) is 21.0. The minimum Gasteiger partial charge on any atom is -0.497 e. The number of nitrogens with two attached hydrogens (primary N) is 1. The lowest BCUT2D eigenvalue weighted by Gasteiger charge is -2.41. The summed E-state index contributed by atoms with van der Waals surface area (Å²) in [5.41, 5.74) is 1.36. The molecule has 1 fully saturated rings. The van der Waals surface area contributed by atoms with Crippen molar-refractivity contribution in [1.29, 1.82) is 0 Å². The van der Waals surface area contributed by atoms with Gasteiger partial charge in [-0.25, -0.2) is 18.4 Å². The molecule has 3 rings (SSSR count). The van der Waals surface area contributed by atoms with Crippen LogP contribution in [0.15, 0.2) is 53.4 Å². The quantitative estimate of drug-likeness (QED) is 0.504. The summed E-state index contributed by atoms with van der Waals surface area (Å²) in [5.74, 6) is 0.794. The van der Waals surface area contributed by atoms with Gasteiger partial charge in [-0.1, -0.05) is 24.3 Å². The van der Waals surface area contributed by atoms with Crippen molar-refractivity contribution in [3.63, 3.8) is 0 Å². The maximum Gasteiger partial charge on any atom is 0.407 e. The van der Waals surface area contributed by atoms with Crippen molar-refractivity contribution in [3.05, 3.63) is 59.7 Å². The Kier molecular flexibility index (Phi) is 8.46. The number of carbonyl (C=O) groups is 1. The van der Waals surface area contributed by atoms with Gasteiger partial charge in [0.25, 0.3) is 0 Å². The van der Waals surface area contributed by atoms with E-state index in [1.165, 1.54) is 12.1 Å². The molecule has 2 aromatic carbocycles. The number of nitrogens with one attached hydrogen (secondary N) is 2. The van der Waals surface area contributed by atoms with Crippen LogP contribution in [0.2, 0.25) is 0 Å². The van der Waals surface area contributed by atoms with Crippen molar-refractivity contribution in [2.24, 2.45) is 5.14 Å². The fraction of sp³-hybridized carbons (Fsp3) is 0.500. The Hall–Kier alpha value is -2.62. The monoisotopic (exact) mass is 503 g/mol. The van der Waals surface area contributed by atoms with Gasteiger partial charge in [-0.05, 0) is 81.8 Å². The van der Waals surface area contributed by atoms with Gasteiger partial charge in [0.05, 0.1) is 12.0 Å². The van der Waals surface area contributed by atoms with Crippen molar-refractivity contribution in [3.8, 4) is 5.75 Å². The Bertz CT molecular complexity index is 1100. The van der Waals surface area contributed by atoms with Gasteiger partial charge in [-0.3, -0.25) is 0 Å². The van der Waals surface area contributed by atoms with Crippen LogP contribution in [-0.4, -0.2) is 39.8 Å². The predicted octanol–water partition coefficient (Wildman–Crippen LogP) is 3.84. The second-order valence-corrected chi connectivity index (χ2v) is 11.8. The number of hydrogen-bond donors (Lipinski definition) is 3. The second kappa shape index (κ2) is 11.0. The number of benzene rings is 2. The average molecular weight is 504 g/mol. The van der Waals surface area contributed by atoms with Gasteiger partial charge in [0.1, 0.15) is 11.4 Å². The molecule has 1 amide bonds. The molecule has 0 aromatic heterocycles. The van der Waals surface area contributed by atoms with Gasteiger partial charge in [0, 0.05) is 24.5 Å². The van der Waals surface area contributed by atoms with E-state index in [-0.39, 0.29) is 10.3 Å². The van der Waals surface area contributed by atoms with Crippen LogP contribution in [-0.2, 0) is 26.7 Å². The predicted molar refractivity (Wildman–Crippen MR) is 136 cm³/mol. The molecule has 35 heavy (non-hydrogen) atoms. The van der Waals surface area contributed by atoms with Crippen LogP contribution >= 0.6 is 0 Å². The third-order valence-electron chi connectivity index (χ3n) is 6.44. The van der Waals surface area contributed by atoms with E-state index in [1.54, 1.807) is 19.2 Å². The molecule has 1 aliphatic carbocycles. The zero-order valence-corrected chi connectivity index (χ0v) is 21.8. The molecule has 1 aliphatic rings. The number of carbonyl (C=O) groups excluding carboxylic acids is 1. The van der Waals surface area contributed by atoms with E-state index in [9.17, 15) is 13.2 Å². The van der Waals surface area contributed by atoms with Crippen molar-refractivity contribution in [2.75, 3.05) is 13.7 Å². The molecular formula is C26H37N3O5S. The molecule has 0 aliphatic heterocycles. The molecule has 4 N–H and O–H groups in total. The Labute approximate surface area is 208 Å². The number of amides is 1. The molecule has 0 atom stereocenters. The Morgan fingerprint density at radius 2 is 1.77 bits per heavy atom. The normalized spacial score (nSPS) is 20.8. The molecule has 9 heteroatoms. The van der Waals surface area contributed by atoms with E-state index in [4.69, 9.17) is 14.6 Å². The Morgan fingerprint density at radius 3 is 2.34 bits per heavy atom. The zero-order chi connectivity index (χ0) is 25.7. The lowest BCUT2D eigenvalue weighted by molar-refractivity contribution is 0.0506. The third kappa shape index (κ3) is 7.68. The molecular weight excluding hydrogens is 466 g/mol. The lowest BCUT2D eigenvalue weighted by atomic mass is 9.68. The number of methoxy groups -OCH3 is 1. The van der Waals surface area contributed by atoms with Gasteiger partial charge < -0.3 is 20.1 Å². The molecule has 0 saturated heterocycles. The van der Waals surface area contributed by atoms with E-state index in [1.807, 2.05) is 32.9 Å². The molecule has 2 aromatic rings. The highest BCUT2D eigenvalue weighted by molar-refractivity contribution is 7.89. The van der Waals surface area contributed by atoms with Crippen molar-refractivity contribution < 1.29 is 22.7 Å². The summed E-state index contributed by atoms with van der Waals surface area (Å²) in [7, 11) is -2.04. The first-order valence-corrected chi connectivity index (χ1v) is 13.4. The molecule has 1 saturated carbocycles. The highest BCUT2D eigenvalue weighted by Gasteiger charge is 2.37. The van der Waals surface area contributed by atoms with E-state index in [0.717, 1.165) is 42.6 Å². The first kappa shape index (κ1) is 27.0. The second-order valence-electron chi connectivity index (χ2n) is 10.2. The molecule has 0 heterocycles. The minimum absolute atomic E-state index is 0.111. The van der Waals surface area contributed by atoms with Gasteiger partial charge in [0.2, 0.25) is 10.0 Å². The molecule has 0 spiro atoms. The van der Waals surface area contributed by atoms with Crippen LogP contribution in [0.4, 0.5) is 4.79 Å². The summed E-state index contributed by atoms with van der Waals surface area (Å²) >= 11 is 0. The van der Waals surface area contributed by atoms with E-state index in [0.29, 0.717) is 19.1 Å². The number of rotatable bonds is 8. The molecule has 0 radical (unpaired) electrons. The largest absolute Gasteiger partial charge is 0.497 e. The van der Waals surface area contributed by atoms with Crippen LogP contribution in [0.1, 0.15) is 57.6 Å². The molecule has 0 unspecified atom stereocenters. The smallest absolute Gasteiger partial charge is 0.407 e. The van der Waals surface area contributed by atoms with Gasteiger partial charge in [0.15, 0.2) is 0 Å². The molecule has 8 nitrogen and oxygen atoms in total. The van der Waals surface area contributed by atoms with Crippen LogP contribution < -0.4 is 20.5 Å². The number of sulfonamides is 1. The fourth-order valence-electron chi connectivity index (χ4n) is 4.51. The summed E-state index contributed by atoms with van der Waals surface area (Å²) in [4.78, 5) is 12.5. The van der Waals surface area contributed by atoms with Gasteiger partial charge in [-0.2, -0.15) is 0 Å². The van der Waals surface area contributed by atoms with Crippen LogP contribution in [0.3, 0.4) is 0 Å². The average Bonchev–Trinajstić information content (AvgIpc) is 2.81. The third-order valence-corrected chi connectivity index (χ3v) is 7.37. The highest BCUT2D eigenvalue weighted by atomic mass is 32.2. The van der Waals surface area contributed by atoms with Crippen LogP contribution in [0.25, 0.3) is 0 Å². The van der Waals surface area contributed by atoms with Crippen molar-refractivity contribution in [1.82, 2.24) is 10.6 Å². The number of alkyl carbamates (subject to hydrolysis) is 1. The first-order chi connectivity index (χ1) is 16.4. The summed E-state index contributed by atoms with van der Waals surface area (Å²) < 4.78 is 33.8. The van der Waals surface area contributed by atoms with Crippen molar-refractivity contribution >= 4 is 16.1 Å². The summed E-state index contributed by atoms with van der Waals surface area (Å²) in [6.07, 6.45) is 3.23. The summed E-state index contributed by atoms with van der Waals surface area (Å²) in [5, 5.41) is 11.8. The molecule has 192 valence electrons. The maximum atomic E-state index is 12.4. The highest BCUT2D eigenvalue weighted by Crippen LogP contribution is 2.40. The standard InChI is InChI=1S/C26H37N3O5S/c1-25(2,3)34-24(30)29-18-26(20-6-5-7-22(16-20)33-4)14-12-21(13-15-26)28-17-19-8-10-23(11-9-19)35(27,31)32/h5-11,16,21,28H,12-15,17-18H2,1-4H3,(H,29,30)(H2,27,31,32). The van der Waals surface area contributed by atoms with Gasteiger partial charge >= 0.3 is 6.09 Å². The number of hydrogen-bond acceptors (Lipinski definition) is 6. The lowest BCUT2D eigenvalue weighted by Crippen LogP contribution is -2.47. The van der Waals surface area contributed by atoms with Crippen LogP contribution in [0.5, 0.6) is 5.75 Å². The fourth-order valence-corrected chi connectivity index (χ4v) is 5.03. The summed E-state index contributed by atoms with van der Waals surface area (Å²) in [6.45, 7) is 6.67. The maximum absolute atomic E-state index is 12.4. The summed E-state index contributed by atoms with van der Waals surface area (Å²) in [6, 6.07) is 15.0. The SMILES string of the molecule is COc1cccc(C2(CNC(=O)OC(C)(C)C)CCC(NCc3ccc(S(N)(=O)=O)cc3)CC2)c1. The first-order valence-electron chi connectivity index (χ1n) is 11.9. The van der Waals surface area contributed by atoms with E-state index < -0.39 is 21.7 Å². The van der Waals surface area contributed by atoms with Gasteiger partial charge in [-0.15, -0.1) is 0 Å². The van der Waals surface area contributed by atoms with Crippen LogP contribution in [0, 0.1) is 0 Å². The number of primary sulfonamides is 1. The topological polar surface area (TPSA) is 120 Å². The van der Waals surface area contributed by atoms with E-state index in [2.05, 4.69) is 22.8 Å². The van der Waals surface area contributed by atoms with E-state index >= 15 is 0 Å². The number of ether oxygens (including phenoxy) is 2. The minimum atomic E-state index is -3.69. The molecule has 0 bridgehead atoms. The van der Waals surface area contributed by atoms with Crippen molar-refractivity contribution in [2.45, 2.75) is 75.0 Å².